The van der Waals surface area contributed by atoms with E-state index in [4.69, 9.17) is 4.52 Å². The average Bonchev–Trinajstić information content (AvgIpc) is 2.86. The second kappa shape index (κ2) is 7.90. The van der Waals surface area contributed by atoms with E-state index in [9.17, 15) is 0 Å². The van der Waals surface area contributed by atoms with Gasteiger partial charge in [-0.2, -0.15) is 0 Å². The van der Waals surface area contributed by atoms with Crippen LogP contribution in [0.3, 0.4) is 0 Å². The Morgan fingerprint density at radius 1 is 1.33 bits per heavy atom. The van der Waals surface area contributed by atoms with Gasteiger partial charge in [-0.25, -0.2) is 0 Å². The van der Waals surface area contributed by atoms with Crippen molar-refractivity contribution in [2.24, 2.45) is 5.92 Å². The predicted octanol–water partition coefficient (Wildman–Crippen LogP) is 2.45. The molecule has 21 heavy (non-hydrogen) atoms. The Kier molecular flexibility index (Phi) is 5.90. The van der Waals surface area contributed by atoms with E-state index in [1.165, 1.54) is 5.56 Å². The van der Waals surface area contributed by atoms with Crippen LogP contribution in [0, 0.1) is 5.92 Å². The van der Waals surface area contributed by atoms with Crippen molar-refractivity contribution in [3.63, 3.8) is 0 Å². The zero-order valence-corrected chi connectivity index (χ0v) is 13.0. The molecule has 0 bridgehead atoms. The van der Waals surface area contributed by atoms with Gasteiger partial charge in [-0.05, 0) is 31.1 Å². The summed E-state index contributed by atoms with van der Waals surface area (Å²) < 4.78 is 5.38. The molecule has 0 saturated carbocycles. The standard InChI is InChI=1S/C16H24N4O/c1-13(2)8-18-10-15-7-16(21-19-15)12-20(3)11-14-5-4-6-17-9-14/h4-7,9,13,18H,8,10-12H2,1-3H3. The molecule has 5 nitrogen and oxygen atoms in total. The van der Waals surface area contributed by atoms with E-state index in [-0.39, 0.29) is 0 Å². The molecule has 0 atom stereocenters. The van der Waals surface area contributed by atoms with Crippen LogP contribution in [0.4, 0.5) is 0 Å². The summed E-state index contributed by atoms with van der Waals surface area (Å²) in [7, 11) is 2.06. The number of nitrogens with zero attached hydrogens (tertiary/aromatic N) is 3. The fourth-order valence-corrected chi connectivity index (χ4v) is 2.13. The van der Waals surface area contributed by atoms with Crippen molar-refractivity contribution in [1.29, 1.82) is 0 Å². The van der Waals surface area contributed by atoms with Gasteiger partial charge in [0.25, 0.3) is 0 Å². The lowest BCUT2D eigenvalue weighted by atomic mass is 10.2. The normalized spacial score (nSPS) is 11.5. The molecule has 0 spiro atoms. The van der Waals surface area contributed by atoms with Crippen LogP contribution in [0.2, 0.25) is 0 Å². The van der Waals surface area contributed by atoms with Gasteiger partial charge >= 0.3 is 0 Å². The lowest BCUT2D eigenvalue weighted by Crippen LogP contribution is -2.19. The fourth-order valence-electron chi connectivity index (χ4n) is 2.13. The number of pyridine rings is 1. The van der Waals surface area contributed by atoms with E-state index in [1.807, 2.05) is 18.3 Å². The molecule has 2 heterocycles. The molecular weight excluding hydrogens is 264 g/mol. The van der Waals surface area contributed by atoms with Crippen molar-refractivity contribution >= 4 is 0 Å². The molecular formula is C16H24N4O. The van der Waals surface area contributed by atoms with Gasteiger partial charge in [0.2, 0.25) is 0 Å². The minimum absolute atomic E-state index is 0.641. The third-order valence-corrected chi connectivity index (χ3v) is 3.07. The third kappa shape index (κ3) is 5.65. The topological polar surface area (TPSA) is 54.2 Å². The predicted molar refractivity (Wildman–Crippen MR) is 82.5 cm³/mol. The molecule has 2 aromatic rings. The van der Waals surface area contributed by atoms with Crippen LogP contribution in [0.1, 0.15) is 30.9 Å². The van der Waals surface area contributed by atoms with Crippen molar-refractivity contribution in [2.75, 3.05) is 13.6 Å². The molecule has 0 amide bonds. The number of hydrogen-bond donors (Lipinski definition) is 1. The number of rotatable bonds is 8. The quantitative estimate of drug-likeness (QED) is 0.808. The molecule has 114 valence electrons. The Bertz CT molecular complexity index is 524. The molecule has 2 rings (SSSR count). The highest BCUT2D eigenvalue weighted by Crippen LogP contribution is 2.09. The molecule has 2 aromatic heterocycles. The summed E-state index contributed by atoms with van der Waals surface area (Å²) in [4.78, 5) is 6.31. The van der Waals surface area contributed by atoms with E-state index in [2.05, 4.69) is 47.3 Å². The maximum Gasteiger partial charge on any atom is 0.151 e. The largest absolute Gasteiger partial charge is 0.360 e. The summed E-state index contributed by atoms with van der Waals surface area (Å²) in [5.41, 5.74) is 2.15. The van der Waals surface area contributed by atoms with E-state index >= 15 is 0 Å². The second-order valence-electron chi connectivity index (χ2n) is 5.84. The molecule has 0 radical (unpaired) electrons. The lowest BCUT2D eigenvalue weighted by molar-refractivity contribution is 0.265. The zero-order chi connectivity index (χ0) is 15.1. The maximum absolute atomic E-state index is 5.38. The second-order valence-corrected chi connectivity index (χ2v) is 5.84. The Hall–Kier alpha value is -1.72. The smallest absolute Gasteiger partial charge is 0.151 e. The first-order chi connectivity index (χ1) is 10.1. The van der Waals surface area contributed by atoms with Gasteiger partial charge in [-0.3, -0.25) is 9.88 Å². The van der Waals surface area contributed by atoms with Crippen LogP contribution >= 0.6 is 0 Å². The van der Waals surface area contributed by atoms with Gasteiger partial charge in [0, 0.05) is 31.5 Å². The van der Waals surface area contributed by atoms with Crippen LogP contribution in [0.25, 0.3) is 0 Å². The molecule has 1 N–H and O–H groups in total. The van der Waals surface area contributed by atoms with Gasteiger partial charge < -0.3 is 9.84 Å². The monoisotopic (exact) mass is 288 g/mol. The molecule has 0 fully saturated rings. The van der Waals surface area contributed by atoms with Gasteiger partial charge in [-0.1, -0.05) is 25.1 Å². The third-order valence-electron chi connectivity index (χ3n) is 3.07. The van der Waals surface area contributed by atoms with Crippen LogP contribution in [0.15, 0.2) is 35.1 Å². The van der Waals surface area contributed by atoms with Gasteiger partial charge in [0.1, 0.15) is 0 Å². The van der Waals surface area contributed by atoms with Crippen molar-refractivity contribution in [3.05, 3.63) is 47.6 Å². The van der Waals surface area contributed by atoms with Crippen LogP contribution in [-0.4, -0.2) is 28.6 Å². The first kappa shape index (κ1) is 15.7. The average molecular weight is 288 g/mol. The molecule has 0 aromatic carbocycles. The Labute approximate surface area is 126 Å². The summed E-state index contributed by atoms with van der Waals surface area (Å²) in [6, 6.07) is 6.05. The van der Waals surface area contributed by atoms with Gasteiger partial charge in [0.15, 0.2) is 5.76 Å². The van der Waals surface area contributed by atoms with Crippen LogP contribution in [-0.2, 0) is 19.6 Å². The highest BCUT2D eigenvalue weighted by Gasteiger charge is 2.08. The van der Waals surface area contributed by atoms with Crippen molar-refractivity contribution in [3.8, 4) is 0 Å². The molecule has 5 heteroatoms. The summed E-state index contributed by atoms with van der Waals surface area (Å²) >= 11 is 0. The lowest BCUT2D eigenvalue weighted by Gasteiger charge is -2.14. The molecule has 0 unspecified atom stereocenters. The van der Waals surface area contributed by atoms with Gasteiger partial charge in [-0.15, -0.1) is 0 Å². The summed E-state index contributed by atoms with van der Waals surface area (Å²) in [6.45, 7) is 7.71. The number of hydrogen-bond acceptors (Lipinski definition) is 5. The molecule has 0 aliphatic carbocycles. The van der Waals surface area contributed by atoms with Crippen molar-refractivity contribution in [2.45, 2.75) is 33.5 Å². The minimum atomic E-state index is 0.641. The zero-order valence-electron chi connectivity index (χ0n) is 13.0. The van der Waals surface area contributed by atoms with Gasteiger partial charge in [0.05, 0.1) is 12.2 Å². The Morgan fingerprint density at radius 2 is 2.19 bits per heavy atom. The fraction of sp³-hybridized carbons (Fsp3) is 0.500. The maximum atomic E-state index is 5.38. The minimum Gasteiger partial charge on any atom is -0.360 e. The van der Waals surface area contributed by atoms with Crippen molar-refractivity contribution in [1.82, 2.24) is 20.4 Å². The van der Waals surface area contributed by atoms with E-state index < -0.39 is 0 Å². The first-order valence-electron chi connectivity index (χ1n) is 7.36. The Balaban J connectivity index is 1.79. The number of nitrogens with one attached hydrogen (secondary N) is 1. The summed E-state index contributed by atoms with van der Waals surface area (Å²) in [6.07, 6.45) is 3.68. The van der Waals surface area contributed by atoms with Crippen LogP contribution < -0.4 is 5.32 Å². The highest BCUT2D eigenvalue weighted by atomic mass is 16.5. The SMILES string of the molecule is CC(C)CNCc1cc(CN(C)Cc2cccnc2)on1. The van der Waals surface area contributed by atoms with E-state index in [0.29, 0.717) is 5.92 Å². The highest BCUT2D eigenvalue weighted by molar-refractivity contribution is 5.09. The summed E-state index contributed by atoms with van der Waals surface area (Å²) in [5, 5.41) is 7.46. The Morgan fingerprint density at radius 3 is 2.90 bits per heavy atom. The van der Waals surface area contributed by atoms with Crippen LogP contribution in [0.5, 0.6) is 0 Å². The van der Waals surface area contributed by atoms with E-state index in [1.54, 1.807) is 6.20 Å². The summed E-state index contributed by atoms with van der Waals surface area (Å²) in [5.74, 6) is 1.53. The van der Waals surface area contributed by atoms with E-state index in [0.717, 1.165) is 37.6 Å². The molecule has 0 aliphatic rings. The first-order valence-corrected chi connectivity index (χ1v) is 7.36. The molecule has 0 aliphatic heterocycles. The van der Waals surface area contributed by atoms with Crippen molar-refractivity contribution < 1.29 is 4.52 Å². The molecule has 0 saturated heterocycles. The number of aromatic nitrogens is 2.